The Labute approximate surface area is 313 Å². The van der Waals surface area contributed by atoms with Gasteiger partial charge in [-0.2, -0.15) is 0 Å². The topological polar surface area (TPSA) is 171 Å². The Kier molecular flexibility index (Phi) is 13.1. The standard InChI is InChI=1S/C38H61F2N5O7S/c1-8-21-41-32(48)29(46)25(15-16-26(39)40)42-31(47)28-27-24(36(27,5)6)22-45(28)33(49)30(37(7)17-11-9-12-18-37)43-34(50)44-38(19-13-10-14-20-38)23-53(51,52)35(2,3)4/h8,24-28,30H,1,9-23H2,2-7H3,(H,41,48)(H,42,47)(H2,43,44,50)/t24-,25?,27-,28-,30+/m0/s1. The van der Waals surface area contributed by atoms with E-state index >= 15 is 0 Å². The van der Waals surface area contributed by atoms with Crippen molar-refractivity contribution in [1.82, 2.24) is 26.2 Å². The van der Waals surface area contributed by atoms with Crippen LogP contribution in [0.3, 0.4) is 0 Å². The molecular weight excluding hydrogens is 709 g/mol. The molecule has 5 atom stereocenters. The number of likely N-dealkylation sites (tertiary alicyclic amines) is 1. The summed E-state index contributed by atoms with van der Waals surface area (Å²) in [4.78, 5) is 70.1. The predicted octanol–water partition coefficient (Wildman–Crippen LogP) is 4.43. The largest absolute Gasteiger partial charge is 0.346 e. The number of nitrogens with one attached hydrogen (secondary N) is 4. The predicted molar refractivity (Wildman–Crippen MR) is 198 cm³/mol. The molecule has 4 N–H and O–H groups in total. The summed E-state index contributed by atoms with van der Waals surface area (Å²) >= 11 is 0. The van der Waals surface area contributed by atoms with Gasteiger partial charge in [-0.3, -0.25) is 19.2 Å². The Hall–Kier alpha value is -3.10. The van der Waals surface area contributed by atoms with Gasteiger partial charge in [0, 0.05) is 19.5 Å². The third-order valence-electron chi connectivity index (χ3n) is 12.5. The normalized spacial score (nSPS) is 25.7. The van der Waals surface area contributed by atoms with Crippen LogP contribution in [0.15, 0.2) is 12.7 Å². The number of hydrogen-bond acceptors (Lipinski definition) is 7. The Bertz CT molecular complexity index is 1520. The second kappa shape index (κ2) is 16.3. The molecule has 5 amide bonds. The summed E-state index contributed by atoms with van der Waals surface area (Å²) in [6.45, 7) is 14.5. The van der Waals surface area contributed by atoms with Gasteiger partial charge in [-0.05, 0) is 75.5 Å². The first-order chi connectivity index (χ1) is 24.6. The van der Waals surface area contributed by atoms with Crippen LogP contribution in [0.2, 0.25) is 0 Å². The highest BCUT2D eigenvalue weighted by Crippen LogP contribution is 2.65. The van der Waals surface area contributed by atoms with Crippen molar-refractivity contribution in [2.24, 2.45) is 22.7 Å². The number of fused-ring (bicyclic) bond motifs is 1. The minimum absolute atomic E-state index is 0.0306. The number of carbonyl (C=O) groups is 5. The molecule has 0 spiro atoms. The Balaban J connectivity index is 1.62. The number of alkyl halides is 2. The van der Waals surface area contributed by atoms with Crippen molar-refractivity contribution in [1.29, 1.82) is 0 Å². The molecule has 0 radical (unpaired) electrons. The fraction of sp³-hybridized carbons (Fsp3) is 0.816. The molecule has 15 heteroatoms. The number of halogens is 2. The molecule has 1 unspecified atom stereocenters. The number of sulfone groups is 1. The highest BCUT2D eigenvalue weighted by molar-refractivity contribution is 7.92. The van der Waals surface area contributed by atoms with Crippen LogP contribution in [0.1, 0.15) is 119 Å². The van der Waals surface area contributed by atoms with Gasteiger partial charge in [0.1, 0.15) is 12.1 Å². The number of rotatable bonds is 15. The van der Waals surface area contributed by atoms with E-state index in [9.17, 15) is 41.2 Å². The lowest BCUT2D eigenvalue weighted by Gasteiger charge is -2.44. The van der Waals surface area contributed by atoms with Gasteiger partial charge < -0.3 is 26.2 Å². The average molecular weight is 770 g/mol. The summed E-state index contributed by atoms with van der Waals surface area (Å²) in [7, 11) is -3.61. The van der Waals surface area contributed by atoms with Gasteiger partial charge in [0.15, 0.2) is 9.84 Å². The molecule has 4 fully saturated rings. The number of urea groups is 1. The van der Waals surface area contributed by atoms with E-state index in [2.05, 4.69) is 27.8 Å². The third kappa shape index (κ3) is 9.59. The van der Waals surface area contributed by atoms with Crippen LogP contribution in [-0.4, -0.2) is 96.5 Å². The van der Waals surface area contributed by atoms with E-state index in [1.165, 1.54) is 11.0 Å². The van der Waals surface area contributed by atoms with Gasteiger partial charge in [0.2, 0.25) is 24.0 Å². The second-order valence-electron chi connectivity index (χ2n) is 17.7. The molecule has 1 saturated heterocycles. The average Bonchev–Trinajstić information content (AvgIpc) is 3.37. The number of carbonyl (C=O) groups excluding carboxylic acids is 5. The lowest BCUT2D eigenvalue weighted by atomic mass is 9.70. The first-order valence-corrected chi connectivity index (χ1v) is 20.9. The van der Waals surface area contributed by atoms with Crippen LogP contribution >= 0.6 is 0 Å². The number of piperidine rings is 1. The van der Waals surface area contributed by atoms with Crippen LogP contribution < -0.4 is 21.3 Å². The summed E-state index contributed by atoms with van der Waals surface area (Å²) in [5, 5.41) is 10.9. The van der Waals surface area contributed by atoms with Crippen LogP contribution in [0.25, 0.3) is 0 Å². The van der Waals surface area contributed by atoms with Crippen molar-refractivity contribution in [3.8, 4) is 0 Å². The number of amides is 5. The zero-order chi connectivity index (χ0) is 39.6. The number of nitrogens with zero attached hydrogens (tertiary/aromatic N) is 1. The van der Waals surface area contributed by atoms with Crippen molar-refractivity contribution in [3.05, 3.63) is 12.7 Å². The lowest BCUT2D eigenvalue weighted by molar-refractivity contribution is -0.146. The Morgan fingerprint density at radius 1 is 0.906 bits per heavy atom. The van der Waals surface area contributed by atoms with Gasteiger partial charge in [-0.1, -0.05) is 65.4 Å². The van der Waals surface area contributed by atoms with Crippen molar-refractivity contribution >= 4 is 39.4 Å². The van der Waals surface area contributed by atoms with Crippen LogP contribution in [0, 0.1) is 22.7 Å². The highest BCUT2D eigenvalue weighted by Gasteiger charge is 2.70. The first kappa shape index (κ1) is 42.6. The van der Waals surface area contributed by atoms with E-state index in [0.717, 1.165) is 38.5 Å². The number of hydrogen-bond donors (Lipinski definition) is 4. The smallest absolute Gasteiger partial charge is 0.315 e. The van der Waals surface area contributed by atoms with Gasteiger partial charge in [-0.15, -0.1) is 6.58 Å². The van der Waals surface area contributed by atoms with Gasteiger partial charge in [0.25, 0.3) is 5.91 Å². The molecule has 3 aliphatic carbocycles. The van der Waals surface area contributed by atoms with Crippen molar-refractivity contribution < 1.29 is 41.2 Å². The van der Waals surface area contributed by atoms with Crippen molar-refractivity contribution in [2.45, 2.75) is 153 Å². The summed E-state index contributed by atoms with van der Waals surface area (Å²) < 4.78 is 52.4. The fourth-order valence-electron chi connectivity index (χ4n) is 8.91. The zero-order valence-electron chi connectivity index (χ0n) is 32.3. The van der Waals surface area contributed by atoms with Crippen LogP contribution in [0.5, 0.6) is 0 Å². The molecule has 0 aromatic carbocycles. The molecule has 12 nitrogen and oxygen atoms in total. The number of ketones is 1. The Morgan fingerprint density at radius 3 is 2.04 bits per heavy atom. The molecule has 0 aromatic heterocycles. The summed E-state index contributed by atoms with van der Waals surface area (Å²) in [5.41, 5.74) is -2.01. The fourth-order valence-corrected chi connectivity index (χ4v) is 10.4. The molecule has 1 heterocycles. The zero-order valence-corrected chi connectivity index (χ0v) is 33.1. The molecule has 3 saturated carbocycles. The van der Waals surface area contributed by atoms with Crippen LogP contribution in [0.4, 0.5) is 13.6 Å². The SMILES string of the molecule is C=CCNC(=O)C(=O)C(CCC(F)F)NC(=O)[C@@H]1[C@@H]2[C@H](CN1C(=O)[C@@H](NC(=O)NC1(CS(=O)(=O)C(C)(C)C)CCCCC1)C1(C)CCCCC1)C2(C)C. The summed E-state index contributed by atoms with van der Waals surface area (Å²) in [6.07, 6.45) is 4.68. The van der Waals surface area contributed by atoms with E-state index in [4.69, 9.17) is 0 Å². The van der Waals surface area contributed by atoms with E-state index in [-0.39, 0.29) is 36.1 Å². The quantitative estimate of drug-likeness (QED) is 0.141. The van der Waals surface area contributed by atoms with E-state index < -0.39 is 92.5 Å². The van der Waals surface area contributed by atoms with Gasteiger partial charge >= 0.3 is 6.03 Å². The molecule has 4 aliphatic rings. The van der Waals surface area contributed by atoms with Crippen molar-refractivity contribution in [3.63, 3.8) is 0 Å². The van der Waals surface area contributed by atoms with Gasteiger partial charge in [0.05, 0.1) is 22.1 Å². The Morgan fingerprint density at radius 2 is 1.49 bits per heavy atom. The minimum Gasteiger partial charge on any atom is -0.346 e. The molecule has 1 aliphatic heterocycles. The monoisotopic (exact) mass is 769 g/mol. The number of Topliss-reactive ketones (excluding diaryl/α,β-unsaturated/α-hetero) is 1. The highest BCUT2D eigenvalue weighted by atomic mass is 32.2. The summed E-state index contributed by atoms with van der Waals surface area (Å²) in [6, 6.07) is -4.30. The lowest BCUT2D eigenvalue weighted by Crippen LogP contribution is -2.65. The summed E-state index contributed by atoms with van der Waals surface area (Å²) in [5.74, 6) is -3.88. The molecule has 300 valence electrons. The van der Waals surface area contributed by atoms with Crippen LogP contribution in [-0.2, 0) is 29.0 Å². The molecule has 4 rings (SSSR count). The third-order valence-corrected chi connectivity index (χ3v) is 15.3. The van der Waals surface area contributed by atoms with E-state index in [0.29, 0.717) is 25.7 Å². The minimum atomic E-state index is -3.61. The molecular formula is C38H61F2N5O7S. The maximum absolute atomic E-state index is 14.8. The molecule has 53 heavy (non-hydrogen) atoms. The first-order valence-electron chi connectivity index (χ1n) is 19.2. The van der Waals surface area contributed by atoms with E-state index in [1.807, 2.05) is 20.8 Å². The maximum Gasteiger partial charge on any atom is 0.315 e. The maximum atomic E-state index is 14.8. The second-order valence-corrected chi connectivity index (χ2v) is 20.5. The van der Waals surface area contributed by atoms with Gasteiger partial charge in [-0.25, -0.2) is 22.0 Å². The molecule has 0 bridgehead atoms. The molecule has 0 aromatic rings. The van der Waals surface area contributed by atoms with E-state index in [1.54, 1.807) is 20.8 Å². The van der Waals surface area contributed by atoms with Crippen molar-refractivity contribution in [2.75, 3.05) is 18.8 Å².